The minimum atomic E-state index is -0.00664. The molecule has 1 heterocycles. The summed E-state index contributed by atoms with van der Waals surface area (Å²) in [4.78, 5) is 12.9. The molecule has 0 aliphatic carbocycles. The maximum Gasteiger partial charge on any atom is 0.186 e. The Labute approximate surface area is 161 Å². The van der Waals surface area contributed by atoms with E-state index >= 15 is 0 Å². The van der Waals surface area contributed by atoms with Crippen molar-refractivity contribution >= 4 is 29.7 Å². The molecule has 1 aliphatic rings. The summed E-state index contributed by atoms with van der Waals surface area (Å²) in [6, 6.07) is 9.97. The molecule has 3 rings (SSSR count). The number of phenols is 2. The van der Waals surface area contributed by atoms with E-state index in [0.29, 0.717) is 34.2 Å². The van der Waals surface area contributed by atoms with Crippen molar-refractivity contribution in [1.29, 1.82) is 0 Å². The molecule has 27 heavy (non-hydrogen) atoms. The van der Waals surface area contributed by atoms with Crippen molar-refractivity contribution in [2.75, 3.05) is 25.7 Å². The third-order valence-electron chi connectivity index (χ3n) is 4.19. The van der Waals surface area contributed by atoms with Gasteiger partial charge in [-0.25, -0.2) is 0 Å². The molecule has 0 amide bonds. The first-order valence-electron chi connectivity index (χ1n) is 8.29. The van der Waals surface area contributed by atoms with Crippen molar-refractivity contribution in [2.24, 2.45) is 0 Å². The van der Waals surface area contributed by atoms with Gasteiger partial charge in [0.1, 0.15) is 0 Å². The number of carbonyl (C=O) groups excluding carboxylic acids is 1. The molecule has 6 heteroatoms. The van der Waals surface area contributed by atoms with Gasteiger partial charge in [-0.3, -0.25) is 4.79 Å². The smallest absolute Gasteiger partial charge is 0.186 e. The molecule has 140 valence electrons. The second-order valence-corrected chi connectivity index (χ2v) is 7.01. The summed E-state index contributed by atoms with van der Waals surface area (Å²) in [6.45, 7) is 0. The van der Waals surface area contributed by atoms with Gasteiger partial charge >= 0.3 is 0 Å². The number of thioether (sulfide) groups is 1. The molecule has 0 spiro atoms. The fourth-order valence-electron chi connectivity index (χ4n) is 2.79. The Hall–Kier alpha value is -2.86. The number of methoxy groups -OCH3 is 2. The van der Waals surface area contributed by atoms with E-state index in [2.05, 4.69) is 0 Å². The first kappa shape index (κ1) is 18.9. The molecule has 0 radical (unpaired) electrons. The fourth-order valence-corrected chi connectivity index (χ4v) is 3.76. The molecule has 0 saturated carbocycles. The molecule has 5 nitrogen and oxygen atoms in total. The van der Waals surface area contributed by atoms with Crippen LogP contribution in [0.4, 0.5) is 0 Å². The van der Waals surface area contributed by atoms with Crippen LogP contribution in [0.25, 0.3) is 12.2 Å². The van der Waals surface area contributed by atoms with E-state index in [1.54, 1.807) is 48.2 Å². The standard InChI is InChI=1S/C21H20O5S/c1-25-19-9-13(3-5-17(19)22)7-15-11-27-12-16(21(15)24)8-14-4-6-18(23)20(10-14)26-2/h3-10,22-23H,11-12H2,1-2H3. The van der Waals surface area contributed by atoms with Crippen LogP contribution in [-0.4, -0.2) is 41.7 Å². The highest BCUT2D eigenvalue weighted by atomic mass is 32.2. The van der Waals surface area contributed by atoms with E-state index in [1.165, 1.54) is 14.2 Å². The van der Waals surface area contributed by atoms with Crippen LogP contribution in [0.1, 0.15) is 11.1 Å². The second kappa shape index (κ2) is 8.22. The molecule has 0 aromatic heterocycles. The van der Waals surface area contributed by atoms with Gasteiger partial charge in [0.25, 0.3) is 0 Å². The zero-order valence-electron chi connectivity index (χ0n) is 15.1. The number of hydrogen-bond acceptors (Lipinski definition) is 6. The first-order chi connectivity index (χ1) is 13.0. The molecular formula is C21H20O5S. The van der Waals surface area contributed by atoms with Crippen molar-refractivity contribution in [3.63, 3.8) is 0 Å². The largest absolute Gasteiger partial charge is 0.504 e. The molecule has 1 saturated heterocycles. The number of benzene rings is 2. The monoisotopic (exact) mass is 384 g/mol. The summed E-state index contributed by atoms with van der Waals surface area (Å²) in [5.41, 5.74) is 2.97. The normalized spacial score (nSPS) is 17.3. The summed E-state index contributed by atoms with van der Waals surface area (Å²) in [7, 11) is 2.97. The van der Waals surface area contributed by atoms with Crippen LogP contribution in [0.5, 0.6) is 23.0 Å². The number of carbonyl (C=O) groups is 1. The maximum atomic E-state index is 12.9. The summed E-state index contributed by atoms with van der Waals surface area (Å²) < 4.78 is 10.2. The molecule has 2 aromatic carbocycles. The molecule has 0 atom stereocenters. The quantitative estimate of drug-likeness (QED) is 0.779. The summed E-state index contributed by atoms with van der Waals surface area (Å²) in [5, 5.41) is 19.4. The van der Waals surface area contributed by atoms with Crippen molar-refractivity contribution < 1.29 is 24.5 Å². The van der Waals surface area contributed by atoms with Gasteiger partial charge in [-0.15, -0.1) is 0 Å². The first-order valence-corrected chi connectivity index (χ1v) is 9.45. The summed E-state index contributed by atoms with van der Waals surface area (Å²) in [5.74, 6) is 2.10. The number of ketones is 1. The molecular weight excluding hydrogens is 364 g/mol. The molecule has 2 aromatic rings. The predicted molar refractivity (Wildman–Crippen MR) is 108 cm³/mol. The highest BCUT2D eigenvalue weighted by molar-refractivity contribution is 7.99. The van der Waals surface area contributed by atoms with Gasteiger partial charge in [0.2, 0.25) is 0 Å². The van der Waals surface area contributed by atoms with E-state index in [1.807, 2.05) is 12.2 Å². The van der Waals surface area contributed by atoms with Crippen molar-refractivity contribution in [3.8, 4) is 23.0 Å². The fraction of sp³-hybridized carbons (Fsp3) is 0.190. The minimum Gasteiger partial charge on any atom is -0.504 e. The maximum absolute atomic E-state index is 12.9. The Morgan fingerprint density at radius 3 is 1.70 bits per heavy atom. The lowest BCUT2D eigenvalue weighted by molar-refractivity contribution is -0.112. The lowest BCUT2D eigenvalue weighted by atomic mass is 10.0. The van der Waals surface area contributed by atoms with Gasteiger partial charge in [-0.2, -0.15) is 11.8 Å². The Kier molecular flexibility index (Phi) is 5.76. The SMILES string of the molecule is COc1cc(C=C2CSCC(=Cc3ccc(O)c(OC)c3)C2=O)ccc1O. The minimum absolute atomic E-state index is 0.00664. The number of rotatable bonds is 4. The highest BCUT2D eigenvalue weighted by Crippen LogP contribution is 2.32. The van der Waals surface area contributed by atoms with Crippen molar-refractivity contribution in [1.82, 2.24) is 0 Å². The zero-order chi connectivity index (χ0) is 19.4. The number of hydrogen-bond donors (Lipinski definition) is 2. The van der Waals surface area contributed by atoms with E-state index in [0.717, 1.165) is 11.1 Å². The highest BCUT2D eigenvalue weighted by Gasteiger charge is 2.21. The molecule has 1 fully saturated rings. The van der Waals surface area contributed by atoms with Gasteiger partial charge in [0.15, 0.2) is 28.8 Å². The Morgan fingerprint density at radius 1 is 0.852 bits per heavy atom. The Morgan fingerprint density at radius 2 is 1.30 bits per heavy atom. The molecule has 1 aliphatic heterocycles. The van der Waals surface area contributed by atoms with Gasteiger partial charge in [0, 0.05) is 22.7 Å². The molecule has 0 unspecified atom stereocenters. The summed E-state index contributed by atoms with van der Waals surface area (Å²) in [6.07, 6.45) is 3.64. The average Bonchev–Trinajstić information content (AvgIpc) is 2.67. The second-order valence-electron chi connectivity index (χ2n) is 6.02. The Balaban J connectivity index is 1.89. The zero-order valence-corrected chi connectivity index (χ0v) is 15.9. The van der Waals surface area contributed by atoms with Gasteiger partial charge < -0.3 is 19.7 Å². The van der Waals surface area contributed by atoms with E-state index in [9.17, 15) is 15.0 Å². The van der Waals surface area contributed by atoms with Gasteiger partial charge in [-0.1, -0.05) is 12.1 Å². The van der Waals surface area contributed by atoms with Crippen molar-refractivity contribution in [3.05, 3.63) is 58.7 Å². The van der Waals surface area contributed by atoms with Gasteiger partial charge in [0.05, 0.1) is 14.2 Å². The molecule has 2 N–H and O–H groups in total. The van der Waals surface area contributed by atoms with Crippen LogP contribution < -0.4 is 9.47 Å². The third kappa shape index (κ3) is 4.28. The number of Topliss-reactive ketones (excluding diaryl/α,β-unsaturated/α-hetero) is 1. The van der Waals surface area contributed by atoms with Crippen molar-refractivity contribution in [2.45, 2.75) is 0 Å². The van der Waals surface area contributed by atoms with Crippen LogP contribution in [0, 0.1) is 0 Å². The van der Waals surface area contributed by atoms with Crippen LogP contribution >= 0.6 is 11.8 Å². The number of aromatic hydroxyl groups is 2. The van der Waals surface area contributed by atoms with Crippen LogP contribution in [0.15, 0.2) is 47.5 Å². The van der Waals surface area contributed by atoms with Gasteiger partial charge in [-0.05, 0) is 47.5 Å². The number of ether oxygens (including phenoxy) is 2. The lowest BCUT2D eigenvalue weighted by Crippen LogP contribution is -2.16. The lowest BCUT2D eigenvalue weighted by Gasteiger charge is -2.16. The average molecular weight is 384 g/mol. The topological polar surface area (TPSA) is 76.0 Å². The predicted octanol–water partition coefficient (Wildman–Crippen LogP) is 3.90. The van der Waals surface area contributed by atoms with Crippen LogP contribution in [0.2, 0.25) is 0 Å². The van der Waals surface area contributed by atoms with Crippen LogP contribution in [0.3, 0.4) is 0 Å². The van der Waals surface area contributed by atoms with E-state index in [4.69, 9.17) is 9.47 Å². The Bertz CT molecular complexity index is 857. The molecule has 0 bridgehead atoms. The number of phenolic OH excluding ortho intramolecular Hbond substituents is 2. The van der Waals surface area contributed by atoms with E-state index < -0.39 is 0 Å². The van der Waals surface area contributed by atoms with Crippen LogP contribution in [-0.2, 0) is 4.79 Å². The summed E-state index contributed by atoms with van der Waals surface area (Å²) >= 11 is 1.66. The van der Waals surface area contributed by atoms with E-state index in [-0.39, 0.29) is 17.3 Å². The third-order valence-corrected chi connectivity index (χ3v) is 5.22.